The molecule has 1 saturated carbocycles. The van der Waals surface area contributed by atoms with Crippen molar-refractivity contribution in [2.45, 2.75) is 19.3 Å². The van der Waals surface area contributed by atoms with Gasteiger partial charge < -0.3 is 4.42 Å². The number of aromatic nitrogens is 1. The number of hydrogen-bond donors (Lipinski definition) is 1. The fourth-order valence-electron chi connectivity index (χ4n) is 2.28. The van der Waals surface area contributed by atoms with Crippen molar-refractivity contribution < 1.29 is 9.21 Å². The molecule has 18 heavy (non-hydrogen) atoms. The maximum atomic E-state index is 12.3. The van der Waals surface area contributed by atoms with Crippen molar-refractivity contribution in [1.82, 2.24) is 4.98 Å². The molecule has 1 heterocycles. The average Bonchev–Trinajstić information content (AvgIpc) is 2.67. The highest BCUT2D eigenvalue weighted by Crippen LogP contribution is 2.43. The van der Waals surface area contributed by atoms with Crippen molar-refractivity contribution in [3.05, 3.63) is 34.3 Å². The number of benzene rings is 1. The topological polar surface area (TPSA) is 86.9 Å². The lowest BCUT2D eigenvalue weighted by Crippen LogP contribution is -2.36. The van der Waals surface area contributed by atoms with Gasteiger partial charge in [0.05, 0.1) is 11.6 Å². The normalized spacial score (nSPS) is 17.1. The van der Waals surface area contributed by atoms with Gasteiger partial charge in [0.2, 0.25) is 0 Å². The Kier molecular flexibility index (Phi) is 2.14. The van der Waals surface area contributed by atoms with Crippen LogP contribution in [0.4, 0.5) is 0 Å². The van der Waals surface area contributed by atoms with Crippen molar-refractivity contribution in [1.29, 1.82) is 5.26 Å². The highest BCUT2D eigenvalue weighted by molar-refractivity contribution is 6.04. The summed E-state index contributed by atoms with van der Waals surface area (Å²) in [5.74, 6) is -0.727. The van der Waals surface area contributed by atoms with Gasteiger partial charge in [0.25, 0.3) is 0 Å². The quantitative estimate of drug-likeness (QED) is 0.816. The fraction of sp³-hybridized carbons (Fsp3) is 0.308. The van der Waals surface area contributed by atoms with E-state index in [1.807, 2.05) is 0 Å². The summed E-state index contributed by atoms with van der Waals surface area (Å²) in [7, 11) is 0. The van der Waals surface area contributed by atoms with Crippen molar-refractivity contribution >= 4 is 16.9 Å². The van der Waals surface area contributed by atoms with E-state index >= 15 is 0 Å². The van der Waals surface area contributed by atoms with Crippen LogP contribution >= 0.6 is 0 Å². The van der Waals surface area contributed by atoms with Crippen LogP contribution in [0.5, 0.6) is 0 Å². The Labute approximate surface area is 102 Å². The molecule has 1 fully saturated rings. The molecule has 0 bridgehead atoms. The number of hydrogen-bond acceptors (Lipinski definition) is 4. The lowest BCUT2D eigenvalue weighted by molar-refractivity contribution is 0.0748. The molecule has 1 aromatic carbocycles. The van der Waals surface area contributed by atoms with Crippen LogP contribution in [0.15, 0.2) is 27.4 Å². The summed E-state index contributed by atoms with van der Waals surface area (Å²) in [4.78, 5) is 25.8. The minimum absolute atomic E-state index is 0.179. The Morgan fingerprint density at radius 3 is 2.83 bits per heavy atom. The van der Waals surface area contributed by atoms with E-state index in [2.05, 4.69) is 11.1 Å². The van der Waals surface area contributed by atoms with E-state index in [4.69, 9.17) is 9.68 Å². The Balaban J connectivity index is 2.07. The standard InChI is InChI=1S/C13H10N2O3/c14-7-13(4-1-5-13)11(16)8-2-3-9-10(6-8)18-12(17)15-9/h2-3,6H,1,4-5H2,(H,15,17). The number of aromatic amines is 1. The van der Waals surface area contributed by atoms with Gasteiger partial charge in [-0.2, -0.15) is 5.26 Å². The number of Topliss-reactive ketones (excluding diaryl/α,β-unsaturated/α-hetero) is 1. The van der Waals surface area contributed by atoms with Gasteiger partial charge in [0, 0.05) is 5.56 Å². The molecule has 5 nitrogen and oxygen atoms in total. The van der Waals surface area contributed by atoms with Crippen molar-refractivity contribution in [2.75, 3.05) is 0 Å². The molecular weight excluding hydrogens is 232 g/mol. The molecule has 1 aromatic heterocycles. The zero-order valence-corrected chi connectivity index (χ0v) is 9.53. The first kappa shape index (κ1) is 10.8. The second-order valence-electron chi connectivity index (χ2n) is 4.60. The van der Waals surface area contributed by atoms with E-state index in [1.165, 1.54) is 6.07 Å². The predicted molar refractivity (Wildman–Crippen MR) is 63.1 cm³/mol. The smallest absolute Gasteiger partial charge is 0.408 e. The summed E-state index contributed by atoms with van der Waals surface area (Å²) in [5.41, 5.74) is 0.450. The van der Waals surface area contributed by atoms with Crippen LogP contribution in [0.3, 0.4) is 0 Å². The number of oxazole rings is 1. The van der Waals surface area contributed by atoms with E-state index < -0.39 is 11.2 Å². The van der Waals surface area contributed by atoms with Gasteiger partial charge >= 0.3 is 5.76 Å². The van der Waals surface area contributed by atoms with Crippen molar-refractivity contribution in [2.24, 2.45) is 5.41 Å². The van der Waals surface area contributed by atoms with E-state index in [-0.39, 0.29) is 5.78 Å². The van der Waals surface area contributed by atoms with Crippen molar-refractivity contribution in [3.63, 3.8) is 0 Å². The summed E-state index contributed by atoms with van der Waals surface area (Å²) in [6.07, 6.45) is 2.12. The first-order valence-corrected chi connectivity index (χ1v) is 5.74. The summed E-state index contributed by atoms with van der Waals surface area (Å²) in [6, 6.07) is 6.88. The number of nitrogens with one attached hydrogen (secondary N) is 1. The third-order valence-electron chi connectivity index (χ3n) is 3.54. The van der Waals surface area contributed by atoms with Crippen LogP contribution in [-0.4, -0.2) is 10.8 Å². The number of carbonyl (C=O) groups excluding carboxylic acids is 1. The molecule has 0 radical (unpaired) electrons. The first-order chi connectivity index (χ1) is 8.64. The number of ketones is 1. The van der Waals surface area contributed by atoms with Gasteiger partial charge in [-0.1, -0.05) is 0 Å². The summed E-state index contributed by atoms with van der Waals surface area (Å²) >= 11 is 0. The Morgan fingerprint density at radius 1 is 1.44 bits per heavy atom. The minimum Gasteiger partial charge on any atom is -0.408 e. The molecule has 90 valence electrons. The van der Waals surface area contributed by atoms with Crippen LogP contribution in [0.2, 0.25) is 0 Å². The van der Waals surface area contributed by atoms with Gasteiger partial charge in [-0.3, -0.25) is 9.78 Å². The van der Waals surface area contributed by atoms with Crippen LogP contribution in [-0.2, 0) is 0 Å². The fourth-order valence-corrected chi connectivity index (χ4v) is 2.28. The molecule has 2 aromatic rings. The van der Waals surface area contributed by atoms with Crippen LogP contribution in [0, 0.1) is 16.7 Å². The van der Waals surface area contributed by atoms with Gasteiger partial charge in [-0.25, -0.2) is 4.79 Å². The Hall–Kier alpha value is -2.35. The average molecular weight is 242 g/mol. The van der Waals surface area contributed by atoms with Crippen LogP contribution in [0.25, 0.3) is 11.1 Å². The number of H-pyrrole nitrogens is 1. The number of nitrogens with zero attached hydrogens (tertiary/aromatic N) is 1. The number of rotatable bonds is 2. The van der Waals surface area contributed by atoms with E-state index in [9.17, 15) is 9.59 Å². The molecule has 1 aliphatic rings. The number of nitriles is 1. The zero-order valence-electron chi connectivity index (χ0n) is 9.53. The maximum absolute atomic E-state index is 12.3. The zero-order chi connectivity index (χ0) is 12.8. The minimum atomic E-state index is -0.871. The molecule has 0 aliphatic heterocycles. The Bertz CT molecular complexity index is 729. The summed E-state index contributed by atoms with van der Waals surface area (Å²) in [5, 5.41) is 9.14. The molecular formula is C13H10N2O3. The molecule has 0 amide bonds. The van der Waals surface area contributed by atoms with Gasteiger partial charge in [-0.05, 0) is 37.5 Å². The molecule has 3 rings (SSSR count). The van der Waals surface area contributed by atoms with E-state index in [0.717, 1.165) is 6.42 Å². The molecule has 1 aliphatic carbocycles. The first-order valence-electron chi connectivity index (χ1n) is 5.74. The van der Waals surface area contributed by atoms with Gasteiger partial charge in [0.15, 0.2) is 11.4 Å². The maximum Gasteiger partial charge on any atom is 0.417 e. The number of carbonyl (C=O) groups is 1. The van der Waals surface area contributed by atoms with Gasteiger partial charge in [-0.15, -0.1) is 0 Å². The number of fused-ring (bicyclic) bond motifs is 1. The Morgan fingerprint density at radius 2 is 2.22 bits per heavy atom. The molecule has 0 spiro atoms. The molecule has 0 unspecified atom stereocenters. The third kappa shape index (κ3) is 1.39. The third-order valence-corrected chi connectivity index (χ3v) is 3.54. The van der Waals surface area contributed by atoms with E-state index in [0.29, 0.717) is 29.5 Å². The van der Waals surface area contributed by atoms with Crippen molar-refractivity contribution in [3.8, 4) is 6.07 Å². The second-order valence-corrected chi connectivity index (χ2v) is 4.60. The van der Waals surface area contributed by atoms with Crippen LogP contribution < -0.4 is 5.76 Å². The lowest BCUT2D eigenvalue weighted by Gasteiger charge is -2.33. The summed E-state index contributed by atoms with van der Waals surface area (Å²) in [6.45, 7) is 0. The lowest BCUT2D eigenvalue weighted by atomic mass is 9.65. The summed E-state index contributed by atoms with van der Waals surface area (Å²) < 4.78 is 4.91. The predicted octanol–water partition coefficient (Wildman–Crippen LogP) is 2.00. The largest absolute Gasteiger partial charge is 0.417 e. The monoisotopic (exact) mass is 242 g/mol. The SMILES string of the molecule is N#CC1(C(=O)c2ccc3[nH]c(=O)oc3c2)CCC1. The molecule has 1 N–H and O–H groups in total. The molecule has 0 saturated heterocycles. The molecule has 5 heteroatoms. The van der Waals surface area contributed by atoms with Crippen LogP contribution in [0.1, 0.15) is 29.6 Å². The van der Waals surface area contributed by atoms with E-state index in [1.54, 1.807) is 12.1 Å². The molecule has 0 atom stereocenters. The highest BCUT2D eigenvalue weighted by Gasteiger charge is 2.44. The highest BCUT2D eigenvalue weighted by atomic mass is 16.4. The van der Waals surface area contributed by atoms with Gasteiger partial charge in [0.1, 0.15) is 5.41 Å². The second kappa shape index (κ2) is 3.57.